The van der Waals surface area contributed by atoms with Crippen molar-refractivity contribution in [1.82, 2.24) is 9.97 Å². The maximum atomic E-state index is 10.8. The van der Waals surface area contributed by atoms with E-state index in [1.807, 2.05) is 91.1 Å². The number of aromatic amines is 1. The molecule has 36 heavy (non-hydrogen) atoms. The largest absolute Gasteiger partial charge is 0.421 e. The number of pyridine rings is 1. The Bertz CT molecular complexity index is 1660. The van der Waals surface area contributed by atoms with Gasteiger partial charge in [-0.2, -0.15) is 0 Å². The second kappa shape index (κ2) is 9.60. The van der Waals surface area contributed by atoms with Crippen molar-refractivity contribution in [3.8, 4) is 28.0 Å². The minimum atomic E-state index is 0.680. The molecule has 0 aliphatic carbocycles. The van der Waals surface area contributed by atoms with Crippen LogP contribution >= 0.6 is 12.0 Å². The Hall–Kier alpha value is -4.55. The van der Waals surface area contributed by atoms with Gasteiger partial charge in [0, 0.05) is 44.2 Å². The van der Waals surface area contributed by atoms with E-state index < -0.39 is 0 Å². The predicted molar refractivity (Wildman–Crippen MR) is 147 cm³/mol. The Labute approximate surface area is 212 Å². The van der Waals surface area contributed by atoms with E-state index in [4.69, 9.17) is 9.17 Å². The molecule has 0 atom stereocenters. The van der Waals surface area contributed by atoms with E-state index in [1.165, 1.54) is 12.0 Å². The Morgan fingerprint density at radius 3 is 2.33 bits per heavy atom. The van der Waals surface area contributed by atoms with Crippen LogP contribution in [0.15, 0.2) is 114 Å². The Morgan fingerprint density at radius 1 is 0.833 bits per heavy atom. The van der Waals surface area contributed by atoms with E-state index in [2.05, 4.69) is 28.5 Å². The van der Waals surface area contributed by atoms with E-state index in [1.54, 1.807) is 0 Å². The van der Waals surface area contributed by atoms with Crippen molar-refractivity contribution in [2.24, 2.45) is 0 Å². The van der Waals surface area contributed by atoms with Gasteiger partial charge in [0.1, 0.15) is 11.4 Å². The molecule has 0 saturated heterocycles. The number of nitrogens with zero attached hydrogens (tertiary/aromatic N) is 1. The summed E-state index contributed by atoms with van der Waals surface area (Å²) in [7, 11) is 0. The van der Waals surface area contributed by atoms with Gasteiger partial charge in [0.15, 0.2) is 0 Å². The molecule has 6 heteroatoms. The first-order chi connectivity index (χ1) is 17.8. The molecule has 0 aliphatic rings. The maximum absolute atomic E-state index is 10.8. The first-order valence-corrected chi connectivity index (χ1v) is 12.2. The molecule has 6 aromatic rings. The Kier molecular flexibility index (Phi) is 5.85. The molecule has 0 radical (unpaired) electrons. The third kappa shape index (κ3) is 4.19. The zero-order valence-corrected chi connectivity index (χ0v) is 20.0. The lowest BCUT2D eigenvalue weighted by atomic mass is 9.92. The quantitative estimate of drug-likeness (QED) is 0.179. The van der Waals surface area contributed by atoms with Crippen LogP contribution in [0.5, 0.6) is 5.75 Å². The molecular formula is C30H21N3O2S. The summed E-state index contributed by atoms with van der Waals surface area (Å²) in [5.74, 6) is 0.769. The molecule has 0 bridgehead atoms. The van der Waals surface area contributed by atoms with Crippen LogP contribution in [0.1, 0.15) is 0 Å². The minimum Gasteiger partial charge on any atom is -0.421 e. The van der Waals surface area contributed by atoms with Crippen LogP contribution in [0.2, 0.25) is 0 Å². The zero-order valence-electron chi connectivity index (χ0n) is 19.1. The van der Waals surface area contributed by atoms with Crippen LogP contribution in [0, 0.1) is 0 Å². The fourth-order valence-electron chi connectivity index (χ4n) is 4.40. The Balaban J connectivity index is 1.52. The zero-order chi connectivity index (χ0) is 24.3. The highest BCUT2D eigenvalue weighted by molar-refractivity contribution is 7.95. The molecule has 0 spiro atoms. The van der Waals surface area contributed by atoms with Crippen LogP contribution in [0.3, 0.4) is 0 Å². The summed E-state index contributed by atoms with van der Waals surface area (Å²) >= 11 is 1.34. The highest BCUT2D eigenvalue weighted by Crippen LogP contribution is 2.41. The number of anilines is 1. The maximum Gasteiger partial charge on any atom is 0.211 e. The van der Waals surface area contributed by atoms with Gasteiger partial charge in [0.2, 0.25) is 6.41 Å². The second-order valence-electron chi connectivity index (χ2n) is 8.29. The highest BCUT2D eigenvalue weighted by atomic mass is 32.2. The Morgan fingerprint density at radius 2 is 1.58 bits per heavy atom. The topological polar surface area (TPSA) is 67.0 Å². The van der Waals surface area contributed by atoms with Gasteiger partial charge >= 0.3 is 0 Å². The number of carbonyl (C=O) groups excluding carboxylic acids is 1. The molecular weight excluding hydrogens is 466 g/mol. The normalized spacial score (nSPS) is 11.0. The lowest BCUT2D eigenvalue weighted by molar-refractivity contribution is -0.105. The van der Waals surface area contributed by atoms with E-state index in [0.717, 1.165) is 60.5 Å². The number of carbonyl (C=O) groups is 1. The SMILES string of the molecule is O=CNc1ccc(-c2cnc3[nH]c4ccc(OSc5ccccc5)cc4c3c2-c2ccccc2)cc1. The highest BCUT2D eigenvalue weighted by Gasteiger charge is 2.18. The number of aromatic nitrogens is 2. The van der Waals surface area contributed by atoms with Gasteiger partial charge in [-0.15, -0.1) is 0 Å². The van der Waals surface area contributed by atoms with Crippen molar-refractivity contribution < 1.29 is 8.98 Å². The summed E-state index contributed by atoms with van der Waals surface area (Å²) < 4.78 is 6.06. The molecule has 2 heterocycles. The van der Waals surface area contributed by atoms with Crippen molar-refractivity contribution in [3.05, 3.63) is 109 Å². The summed E-state index contributed by atoms with van der Waals surface area (Å²) in [4.78, 5) is 20.1. The first-order valence-electron chi connectivity index (χ1n) is 11.5. The number of nitrogens with one attached hydrogen (secondary N) is 2. The first kappa shape index (κ1) is 21.9. The van der Waals surface area contributed by atoms with Crippen molar-refractivity contribution in [2.75, 3.05) is 5.32 Å². The lowest BCUT2D eigenvalue weighted by Gasteiger charge is -2.13. The number of hydrogen-bond acceptors (Lipinski definition) is 4. The average Bonchev–Trinajstić information content (AvgIpc) is 3.31. The number of hydrogen-bond donors (Lipinski definition) is 2. The van der Waals surface area contributed by atoms with Crippen LogP contribution < -0.4 is 9.50 Å². The number of rotatable bonds is 7. The molecule has 2 N–H and O–H groups in total. The van der Waals surface area contributed by atoms with Gasteiger partial charge in [-0.05, 0) is 53.6 Å². The minimum absolute atomic E-state index is 0.680. The summed E-state index contributed by atoms with van der Waals surface area (Å²) in [6, 6.07) is 34.2. The van der Waals surface area contributed by atoms with E-state index >= 15 is 0 Å². The second-order valence-corrected chi connectivity index (χ2v) is 9.09. The van der Waals surface area contributed by atoms with Crippen LogP contribution in [-0.2, 0) is 4.79 Å². The molecule has 0 unspecified atom stereocenters. The molecule has 1 amide bonds. The average molecular weight is 488 g/mol. The van der Waals surface area contributed by atoms with E-state index in [9.17, 15) is 4.79 Å². The van der Waals surface area contributed by atoms with Gasteiger partial charge in [-0.25, -0.2) is 4.98 Å². The van der Waals surface area contributed by atoms with Crippen molar-refractivity contribution in [1.29, 1.82) is 0 Å². The molecule has 5 nitrogen and oxygen atoms in total. The van der Waals surface area contributed by atoms with Gasteiger partial charge in [-0.3, -0.25) is 4.79 Å². The standard InChI is InChI=1S/C30H21N3O2S/c34-19-32-22-13-11-20(12-14-22)26-18-31-30-29(28(26)21-7-3-1-4-8-21)25-17-23(15-16-27(25)33-30)35-36-24-9-5-2-6-10-24/h1-19H,(H,31,33)(H,32,34). The number of fused-ring (bicyclic) bond motifs is 3. The number of H-pyrrole nitrogens is 1. The lowest BCUT2D eigenvalue weighted by Crippen LogP contribution is -1.94. The molecule has 4 aromatic carbocycles. The van der Waals surface area contributed by atoms with Crippen molar-refractivity contribution in [3.63, 3.8) is 0 Å². The van der Waals surface area contributed by atoms with Gasteiger partial charge in [0.25, 0.3) is 0 Å². The molecule has 6 rings (SSSR count). The summed E-state index contributed by atoms with van der Waals surface area (Å²) in [5, 5.41) is 4.78. The fraction of sp³-hybridized carbons (Fsp3) is 0. The third-order valence-electron chi connectivity index (χ3n) is 6.05. The molecule has 0 saturated carbocycles. The molecule has 0 fully saturated rings. The van der Waals surface area contributed by atoms with Gasteiger partial charge in [-0.1, -0.05) is 60.7 Å². The van der Waals surface area contributed by atoms with Crippen LogP contribution in [-0.4, -0.2) is 16.4 Å². The van der Waals surface area contributed by atoms with Crippen LogP contribution in [0.25, 0.3) is 44.2 Å². The summed E-state index contributed by atoms with van der Waals surface area (Å²) in [6.45, 7) is 0. The van der Waals surface area contributed by atoms with E-state index in [0.29, 0.717) is 6.41 Å². The van der Waals surface area contributed by atoms with E-state index in [-0.39, 0.29) is 0 Å². The molecule has 0 aliphatic heterocycles. The third-order valence-corrected chi connectivity index (χ3v) is 6.79. The van der Waals surface area contributed by atoms with Gasteiger partial charge < -0.3 is 14.5 Å². The van der Waals surface area contributed by atoms with Crippen LogP contribution in [0.4, 0.5) is 5.69 Å². The predicted octanol–water partition coefficient (Wildman–Crippen LogP) is 7.70. The number of benzene rings is 4. The van der Waals surface area contributed by atoms with Crippen molar-refractivity contribution in [2.45, 2.75) is 4.90 Å². The summed E-state index contributed by atoms with van der Waals surface area (Å²) in [5.41, 5.74) is 6.78. The fourth-order valence-corrected chi connectivity index (χ4v) is 4.96. The number of amides is 1. The van der Waals surface area contributed by atoms with Gasteiger partial charge in [0.05, 0.1) is 12.0 Å². The van der Waals surface area contributed by atoms with Crippen molar-refractivity contribution >= 4 is 46.1 Å². The molecule has 174 valence electrons. The summed E-state index contributed by atoms with van der Waals surface area (Å²) in [6.07, 6.45) is 2.59. The smallest absolute Gasteiger partial charge is 0.211 e. The molecule has 2 aromatic heterocycles. The monoisotopic (exact) mass is 487 g/mol.